The molecular formula is C19H18N4O2. The van der Waals surface area contributed by atoms with Crippen LogP contribution >= 0.6 is 0 Å². The van der Waals surface area contributed by atoms with Crippen LogP contribution in [0.2, 0.25) is 0 Å². The summed E-state index contributed by atoms with van der Waals surface area (Å²) in [6, 6.07) is 15.8. The van der Waals surface area contributed by atoms with Crippen LogP contribution in [0.4, 0.5) is 17.1 Å². The maximum absolute atomic E-state index is 12.0. The van der Waals surface area contributed by atoms with Crippen LogP contribution in [-0.4, -0.2) is 24.9 Å². The highest BCUT2D eigenvalue weighted by molar-refractivity contribution is 6.43. The van der Waals surface area contributed by atoms with Gasteiger partial charge in [0.2, 0.25) is 0 Å². The highest BCUT2D eigenvalue weighted by Gasteiger charge is 2.15. The van der Waals surface area contributed by atoms with Gasteiger partial charge in [0.25, 0.3) is 0 Å². The number of benzene rings is 2. The summed E-state index contributed by atoms with van der Waals surface area (Å²) in [5.41, 5.74) is 2.64. The average Bonchev–Trinajstić information content (AvgIpc) is 3.17. The number of hydrogen-bond donors (Lipinski definition) is 2. The van der Waals surface area contributed by atoms with E-state index in [2.05, 4.69) is 15.5 Å². The van der Waals surface area contributed by atoms with E-state index in [9.17, 15) is 9.59 Å². The molecule has 2 aromatic carbocycles. The predicted octanol–water partition coefficient (Wildman–Crippen LogP) is 2.74. The van der Waals surface area contributed by atoms with Crippen molar-refractivity contribution in [2.24, 2.45) is 0 Å². The van der Waals surface area contributed by atoms with E-state index in [1.165, 1.54) is 12.8 Å². The van der Waals surface area contributed by atoms with Crippen molar-refractivity contribution in [2.45, 2.75) is 12.8 Å². The Hall–Kier alpha value is -3.33. The van der Waals surface area contributed by atoms with Gasteiger partial charge < -0.3 is 15.5 Å². The van der Waals surface area contributed by atoms with E-state index in [-0.39, 0.29) is 0 Å². The second-order valence-corrected chi connectivity index (χ2v) is 5.84. The molecule has 2 aromatic rings. The number of amides is 2. The third kappa shape index (κ3) is 4.15. The first kappa shape index (κ1) is 16.5. The molecular weight excluding hydrogens is 316 g/mol. The topological polar surface area (TPSA) is 85.2 Å². The zero-order valence-electron chi connectivity index (χ0n) is 13.7. The second kappa shape index (κ2) is 7.49. The Labute approximate surface area is 146 Å². The van der Waals surface area contributed by atoms with Gasteiger partial charge in [-0.1, -0.05) is 0 Å². The van der Waals surface area contributed by atoms with Crippen LogP contribution in [0, 0.1) is 11.3 Å². The summed E-state index contributed by atoms with van der Waals surface area (Å²) in [6.45, 7) is 2.11. The van der Waals surface area contributed by atoms with Gasteiger partial charge in [0.05, 0.1) is 11.6 Å². The summed E-state index contributed by atoms with van der Waals surface area (Å²) < 4.78 is 0. The van der Waals surface area contributed by atoms with Crippen molar-refractivity contribution in [1.29, 1.82) is 5.26 Å². The number of nitrogens with zero attached hydrogens (tertiary/aromatic N) is 2. The molecule has 0 aliphatic carbocycles. The molecule has 0 radical (unpaired) electrons. The van der Waals surface area contributed by atoms with Crippen LogP contribution in [0.15, 0.2) is 48.5 Å². The van der Waals surface area contributed by atoms with E-state index in [0.717, 1.165) is 18.8 Å². The van der Waals surface area contributed by atoms with Gasteiger partial charge in [0.1, 0.15) is 0 Å². The van der Waals surface area contributed by atoms with Crippen LogP contribution in [-0.2, 0) is 9.59 Å². The van der Waals surface area contributed by atoms with Crippen molar-refractivity contribution in [1.82, 2.24) is 0 Å². The molecule has 0 unspecified atom stereocenters. The van der Waals surface area contributed by atoms with Crippen molar-refractivity contribution in [3.05, 3.63) is 54.1 Å². The van der Waals surface area contributed by atoms with Gasteiger partial charge in [-0.2, -0.15) is 5.26 Å². The Morgan fingerprint density at radius 1 is 0.840 bits per heavy atom. The number of carbonyl (C=O) groups is 2. The number of anilines is 3. The minimum Gasteiger partial charge on any atom is -0.372 e. The van der Waals surface area contributed by atoms with Gasteiger partial charge in [-0.3, -0.25) is 9.59 Å². The summed E-state index contributed by atoms with van der Waals surface area (Å²) >= 11 is 0. The molecule has 25 heavy (non-hydrogen) atoms. The minimum atomic E-state index is -0.756. The number of carbonyl (C=O) groups excluding carboxylic acids is 2. The van der Waals surface area contributed by atoms with Gasteiger partial charge >= 0.3 is 11.8 Å². The highest BCUT2D eigenvalue weighted by Crippen LogP contribution is 2.22. The van der Waals surface area contributed by atoms with Crippen LogP contribution < -0.4 is 15.5 Å². The molecule has 3 rings (SSSR count). The number of nitriles is 1. The maximum atomic E-state index is 12.0. The summed E-state index contributed by atoms with van der Waals surface area (Å²) in [6.07, 6.45) is 2.40. The lowest BCUT2D eigenvalue weighted by Gasteiger charge is -2.17. The molecule has 1 aliphatic rings. The monoisotopic (exact) mass is 334 g/mol. The Morgan fingerprint density at radius 3 is 1.80 bits per heavy atom. The fourth-order valence-corrected chi connectivity index (χ4v) is 2.73. The molecule has 0 saturated carbocycles. The average molecular weight is 334 g/mol. The van der Waals surface area contributed by atoms with Crippen LogP contribution in [0.1, 0.15) is 18.4 Å². The second-order valence-electron chi connectivity index (χ2n) is 5.84. The molecule has 0 bridgehead atoms. The van der Waals surface area contributed by atoms with Gasteiger partial charge in [0, 0.05) is 30.2 Å². The van der Waals surface area contributed by atoms with Crippen molar-refractivity contribution >= 4 is 28.9 Å². The van der Waals surface area contributed by atoms with Crippen LogP contribution in [0.25, 0.3) is 0 Å². The predicted molar refractivity (Wildman–Crippen MR) is 96.3 cm³/mol. The standard InChI is InChI=1S/C19H18N4O2/c20-13-14-3-5-15(6-4-14)21-18(24)19(25)22-16-7-9-17(10-8-16)23-11-1-2-12-23/h3-10H,1-2,11-12H2,(H,21,24)(H,22,25). The maximum Gasteiger partial charge on any atom is 0.314 e. The van der Waals surface area contributed by atoms with Crippen molar-refractivity contribution < 1.29 is 9.59 Å². The molecule has 2 N–H and O–H groups in total. The molecule has 0 atom stereocenters. The summed E-state index contributed by atoms with van der Waals surface area (Å²) in [7, 11) is 0. The Morgan fingerprint density at radius 2 is 1.32 bits per heavy atom. The van der Waals surface area contributed by atoms with Gasteiger partial charge in [0.15, 0.2) is 0 Å². The number of rotatable bonds is 3. The van der Waals surface area contributed by atoms with Crippen LogP contribution in [0.3, 0.4) is 0 Å². The number of nitrogens with one attached hydrogen (secondary N) is 2. The van der Waals surface area contributed by atoms with Crippen molar-refractivity contribution in [2.75, 3.05) is 28.6 Å². The lowest BCUT2D eigenvalue weighted by Crippen LogP contribution is -2.29. The molecule has 1 saturated heterocycles. The minimum absolute atomic E-state index is 0.462. The molecule has 1 aliphatic heterocycles. The molecule has 1 fully saturated rings. The first-order valence-electron chi connectivity index (χ1n) is 8.13. The number of hydrogen-bond acceptors (Lipinski definition) is 4. The van der Waals surface area contributed by atoms with Gasteiger partial charge in [-0.05, 0) is 61.4 Å². The third-order valence-electron chi connectivity index (χ3n) is 4.07. The Bertz CT molecular complexity index is 801. The smallest absolute Gasteiger partial charge is 0.314 e. The normalized spacial score (nSPS) is 13.2. The molecule has 0 aromatic heterocycles. The van der Waals surface area contributed by atoms with Gasteiger partial charge in [-0.15, -0.1) is 0 Å². The zero-order chi connectivity index (χ0) is 17.6. The lowest BCUT2D eigenvalue weighted by atomic mass is 10.2. The summed E-state index contributed by atoms with van der Waals surface area (Å²) in [5.74, 6) is -1.49. The zero-order valence-corrected chi connectivity index (χ0v) is 13.7. The molecule has 6 heteroatoms. The molecule has 6 nitrogen and oxygen atoms in total. The van der Waals surface area contributed by atoms with Crippen molar-refractivity contribution in [3.8, 4) is 6.07 Å². The van der Waals surface area contributed by atoms with E-state index >= 15 is 0 Å². The fourth-order valence-electron chi connectivity index (χ4n) is 2.73. The van der Waals surface area contributed by atoms with E-state index < -0.39 is 11.8 Å². The fraction of sp³-hybridized carbons (Fsp3) is 0.211. The van der Waals surface area contributed by atoms with E-state index in [1.54, 1.807) is 36.4 Å². The molecule has 126 valence electrons. The SMILES string of the molecule is N#Cc1ccc(NC(=O)C(=O)Nc2ccc(N3CCCC3)cc2)cc1. The van der Waals surface area contributed by atoms with E-state index in [4.69, 9.17) is 5.26 Å². The Balaban J connectivity index is 1.57. The van der Waals surface area contributed by atoms with E-state index in [1.807, 2.05) is 18.2 Å². The lowest BCUT2D eigenvalue weighted by molar-refractivity contribution is -0.132. The van der Waals surface area contributed by atoms with E-state index in [0.29, 0.717) is 16.9 Å². The van der Waals surface area contributed by atoms with Crippen LogP contribution in [0.5, 0.6) is 0 Å². The van der Waals surface area contributed by atoms with Gasteiger partial charge in [-0.25, -0.2) is 0 Å². The largest absolute Gasteiger partial charge is 0.372 e. The van der Waals surface area contributed by atoms with Crippen molar-refractivity contribution in [3.63, 3.8) is 0 Å². The molecule has 2 amide bonds. The summed E-state index contributed by atoms with van der Waals surface area (Å²) in [5, 5.41) is 13.8. The quantitative estimate of drug-likeness (QED) is 0.845. The highest BCUT2D eigenvalue weighted by atomic mass is 16.2. The first-order valence-corrected chi connectivity index (χ1v) is 8.13. The third-order valence-corrected chi connectivity index (χ3v) is 4.07. The molecule has 1 heterocycles. The molecule has 0 spiro atoms. The summed E-state index contributed by atoms with van der Waals surface area (Å²) in [4.78, 5) is 26.2. The first-order chi connectivity index (χ1) is 12.2. The Kier molecular flexibility index (Phi) is 4.95.